The largest absolute Gasteiger partial charge is 0.493 e. The number of ether oxygens (including phenoxy) is 1. The molecule has 0 amide bonds. The van der Waals surface area contributed by atoms with E-state index in [1.54, 1.807) is 7.11 Å². The smallest absolute Gasteiger partial charge is 0.171 e. The highest BCUT2D eigenvalue weighted by molar-refractivity contribution is 9.09. The number of hydrogen-bond acceptors (Lipinski definition) is 3. The summed E-state index contributed by atoms with van der Waals surface area (Å²) < 4.78 is 5.40. The molecule has 2 rings (SSSR count). The molecule has 1 saturated heterocycles. The van der Waals surface area contributed by atoms with E-state index >= 15 is 0 Å². The second-order valence-corrected chi connectivity index (χ2v) is 5.14. The van der Waals surface area contributed by atoms with Crippen LogP contribution in [0.2, 0.25) is 0 Å². The molecule has 0 spiro atoms. The minimum atomic E-state index is 0.622. The van der Waals surface area contributed by atoms with Gasteiger partial charge in [0.1, 0.15) is 0 Å². The molecule has 1 aliphatic rings. The fourth-order valence-corrected chi connectivity index (χ4v) is 2.81. The molecule has 17 heavy (non-hydrogen) atoms. The molecule has 1 unspecified atom stereocenters. The van der Waals surface area contributed by atoms with Gasteiger partial charge in [0.15, 0.2) is 11.6 Å². The van der Waals surface area contributed by atoms with Crippen molar-refractivity contribution in [2.45, 2.75) is 31.7 Å². The average Bonchev–Trinajstić information content (AvgIpc) is 2.84. The Bertz CT molecular complexity index is 359. The number of anilines is 1. The third-order valence-corrected chi connectivity index (χ3v) is 3.85. The third kappa shape index (κ3) is 2.92. The molecule has 3 nitrogen and oxygen atoms in total. The fourth-order valence-electron chi connectivity index (χ4n) is 2.48. The maximum absolute atomic E-state index is 5.40. The molecule has 0 saturated carbocycles. The van der Waals surface area contributed by atoms with Gasteiger partial charge in [-0.15, -0.1) is 0 Å². The van der Waals surface area contributed by atoms with Gasteiger partial charge in [0.25, 0.3) is 0 Å². The molecule has 1 aromatic rings. The number of rotatable bonds is 5. The first-order valence-electron chi connectivity index (χ1n) is 6.18. The van der Waals surface area contributed by atoms with Gasteiger partial charge in [0.05, 0.1) is 7.11 Å². The van der Waals surface area contributed by atoms with Crippen molar-refractivity contribution in [3.8, 4) is 5.75 Å². The summed E-state index contributed by atoms with van der Waals surface area (Å²) in [5.74, 6) is 1.89. The van der Waals surface area contributed by atoms with E-state index in [4.69, 9.17) is 4.74 Å². The summed E-state index contributed by atoms with van der Waals surface area (Å²) in [7, 11) is 1.71. The number of alkyl halides is 1. The van der Waals surface area contributed by atoms with E-state index in [9.17, 15) is 0 Å². The van der Waals surface area contributed by atoms with Gasteiger partial charge in [0, 0.05) is 24.1 Å². The highest BCUT2D eigenvalue weighted by Crippen LogP contribution is 2.32. The molecule has 2 heterocycles. The Labute approximate surface area is 111 Å². The lowest BCUT2D eigenvalue weighted by atomic mass is 10.1. The van der Waals surface area contributed by atoms with E-state index < -0.39 is 0 Å². The Hall–Kier alpha value is -0.770. The van der Waals surface area contributed by atoms with Gasteiger partial charge in [-0.1, -0.05) is 15.9 Å². The Morgan fingerprint density at radius 1 is 1.59 bits per heavy atom. The molecule has 1 aliphatic heterocycles. The van der Waals surface area contributed by atoms with Gasteiger partial charge < -0.3 is 9.64 Å². The topological polar surface area (TPSA) is 25.4 Å². The first kappa shape index (κ1) is 12.7. The first-order valence-corrected chi connectivity index (χ1v) is 7.30. The van der Waals surface area contributed by atoms with Crippen LogP contribution in [0, 0.1) is 0 Å². The van der Waals surface area contributed by atoms with Crippen LogP contribution in [0.5, 0.6) is 5.75 Å². The van der Waals surface area contributed by atoms with E-state index in [0.29, 0.717) is 6.04 Å². The Morgan fingerprint density at radius 3 is 3.24 bits per heavy atom. The van der Waals surface area contributed by atoms with E-state index in [0.717, 1.165) is 23.4 Å². The summed E-state index contributed by atoms with van der Waals surface area (Å²) >= 11 is 3.50. The maximum Gasteiger partial charge on any atom is 0.171 e. The third-order valence-electron chi connectivity index (χ3n) is 3.29. The molecule has 1 atom stereocenters. The van der Waals surface area contributed by atoms with Gasteiger partial charge in [-0.25, -0.2) is 4.98 Å². The van der Waals surface area contributed by atoms with E-state index in [1.807, 2.05) is 18.3 Å². The number of hydrogen-bond donors (Lipinski definition) is 0. The average molecular weight is 299 g/mol. The predicted molar refractivity (Wildman–Crippen MR) is 74.2 cm³/mol. The molecule has 0 aliphatic carbocycles. The van der Waals surface area contributed by atoms with Gasteiger partial charge in [0.2, 0.25) is 0 Å². The van der Waals surface area contributed by atoms with Gasteiger partial charge in [-0.2, -0.15) is 0 Å². The van der Waals surface area contributed by atoms with Crippen LogP contribution in [0.15, 0.2) is 18.3 Å². The number of methoxy groups -OCH3 is 1. The monoisotopic (exact) mass is 298 g/mol. The van der Waals surface area contributed by atoms with Crippen molar-refractivity contribution in [2.24, 2.45) is 0 Å². The zero-order valence-corrected chi connectivity index (χ0v) is 11.8. The van der Waals surface area contributed by atoms with Crippen LogP contribution in [0.1, 0.15) is 25.7 Å². The van der Waals surface area contributed by atoms with Gasteiger partial charge in [-0.3, -0.25) is 0 Å². The van der Waals surface area contributed by atoms with Crippen molar-refractivity contribution in [3.05, 3.63) is 18.3 Å². The van der Waals surface area contributed by atoms with Crippen LogP contribution in [-0.2, 0) is 0 Å². The zero-order chi connectivity index (χ0) is 12.1. The van der Waals surface area contributed by atoms with Crippen LogP contribution in [0.3, 0.4) is 0 Å². The lowest BCUT2D eigenvalue weighted by Gasteiger charge is -2.26. The number of pyridine rings is 1. The standard InChI is InChI=1S/C13H19BrN2O/c1-17-12-7-3-9-15-13(12)16-10-4-6-11(16)5-2-8-14/h3,7,9,11H,2,4-6,8,10H2,1H3. The summed E-state index contributed by atoms with van der Waals surface area (Å²) in [4.78, 5) is 6.88. The normalized spacial score (nSPS) is 19.6. The molecule has 1 fully saturated rings. The molecule has 0 aromatic carbocycles. The van der Waals surface area contributed by atoms with Crippen LogP contribution < -0.4 is 9.64 Å². The predicted octanol–water partition coefficient (Wildman–Crippen LogP) is 3.23. The fraction of sp³-hybridized carbons (Fsp3) is 0.615. The molecular formula is C13H19BrN2O. The van der Waals surface area contributed by atoms with Crippen LogP contribution in [-0.4, -0.2) is 30.0 Å². The lowest BCUT2D eigenvalue weighted by molar-refractivity contribution is 0.411. The molecule has 0 N–H and O–H groups in total. The van der Waals surface area contributed by atoms with Crippen molar-refractivity contribution in [1.29, 1.82) is 0 Å². The minimum absolute atomic E-state index is 0.622. The first-order chi connectivity index (χ1) is 8.36. The van der Waals surface area contributed by atoms with Gasteiger partial charge in [-0.05, 0) is 37.8 Å². The van der Waals surface area contributed by atoms with Gasteiger partial charge >= 0.3 is 0 Å². The van der Waals surface area contributed by atoms with Crippen molar-refractivity contribution in [2.75, 3.05) is 23.9 Å². The summed E-state index contributed by atoms with van der Waals surface area (Å²) in [6, 6.07) is 4.53. The van der Waals surface area contributed by atoms with Crippen LogP contribution >= 0.6 is 15.9 Å². The molecule has 4 heteroatoms. The van der Waals surface area contributed by atoms with Crippen molar-refractivity contribution in [1.82, 2.24) is 4.98 Å². The minimum Gasteiger partial charge on any atom is -0.493 e. The summed E-state index contributed by atoms with van der Waals surface area (Å²) in [5.41, 5.74) is 0. The van der Waals surface area contributed by atoms with E-state index in [-0.39, 0.29) is 0 Å². The number of aromatic nitrogens is 1. The van der Waals surface area contributed by atoms with E-state index in [1.165, 1.54) is 25.7 Å². The molecule has 1 aromatic heterocycles. The maximum atomic E-state index is 5.40. The summed E-state index contributed by atoms with van der Waals surface area (Å²) in [5, 5.41) is 1.08. The SMILES string of the molecule is COc1cccnc1N1CCCC1CCCBr. The summed E-state index contributed by atoms with van der Waals surface area (Å²) in [6.45, 7) is 1.10. The van der Waals surface area contributed by atoms with Crippen molar-refractivity contribution < 1.29 is 4.74 Å². The van der Waals surface area contributed by atoms with Crippen molar-refractivity contribution in [3.63, 3.8) is 0 Å². The Morgan fingerprint density at radius 2 is 2.47 bits per heavy atom. The molecule has 0 bridgehead atoms. The zero-order valence-electron chi connectivity index (χ0n) is 10.2. The number of halogens is 1. The molecule has 94 valence electrons. The van der Waals surface area contributed by atoms with Crippen LogP contribution in [0.4, 0.5) is 5.82 Å². The second kappa shape index (κ2) is 6.24. The lowest BCUT2D eigenvalue weighted by Crippen LogP contribution is -2.30. The summed E-state index contributed by atoms with van der Waals surface area (Å²) in [6.07, 6.45) is 6.82. The van der Waals surface area contributed by atoms with E-state index in [2.05, 4.69) is 25.8 Å². The number of nitrogens with zero attached hydrogens (tertiary/aromatic N) is 2. The highest BCUT2D eigenvalue weighted by Gasteiger charge is 2.26. The van der Waals surface area contributed by atoms with Crippen LogP contribution in [0.25, 0.3) is 0 Å². The quantitative estimate of drug-likeness (QED) is 0.781. The Balaban J connectivity index is 2.14. The molecule has 0 radical (unpaired) electrons. The second-order valence-electron chi connectivity index (χ2n) is 4.35. The van der Waals surface area contributed by atoms with Crippen molar-refractivity contribution >= 4 is 21.7 Å². The Kier molecular flexibility index (Phi) is 4.66. The molecular weight excluding hydrogens is 280 g/mol. The highest BCUT2D eigenvalue weighted by atomic mass is 79.9.